The van der Waals surface area contributed by atoms with Crippen molar-refractivity contribution in [3.8, 4) is 0 Å². The van der Waals surface area contributed by atoms with Crippen LogP contribution < -0.4 is 5.32 Å². The van der Waals surface area contributed by atoms with Crippen molar-refractivity contribution in [2.75, 3.05) is 25.4 Å². The maximum Gasteiger partial charge on any atom is 0.320 e. The number of rotatable bonds is 18. The van der Waals surface area contributed by atoms with Crippen molar-refractivity contribution in [2.45, 2.75) is 63.8 Å². The molecule has 0 aromatic rings. The highest BCUT2D eigenvalue weighted by Gasteiger charge is 2.28. The number of nitrogens with zero attached hydrogens (tertiary/aromatic N) is 1. The van der Waals surface area contributed by atoms with E-state index in [0.29, 0.717) is 25.8 Å². The summed E-state index contributed by atoms with van der Waals surface area (Å²) in [6.45, 7) is -0.912. The Morgan fingerprint density at radius 1 is 0.821 bits per heavy atom. The minimum Gasteiger partial charge on any atom is -0.480 e. The van der Waals surface area contributed by atoms with E-state index in [9.17, 15) is 24.3 Å². The second-order valence-corrected chi connectivity index (χ2v) is 7.08. The number of carboxylic acids is 3. The van der Waals surface area contributed by atoms with Crippen LogP contribution in [0, 0.1) is 0 Å². The van der Waals surface area contributed by atoms with Crippen LogP contribution in [0.4, 0.5) is 0 Å². The molecule has 0 aromatic heterocycles. The van der Waals surface area contributed by atoms with Crippen LogP contribution in [0.15, 0.2) is 0 Å². The summed E-state index contributed by atoms with van der Waals surface area (Å²) in [4.78, 5) is 45.7. The van der Waals surface area contributed by atoms with E-state index in [2.05, 4.69) is 17.9 Å². The quantitative estimate of drug-likeness (QED) is 0.166. The van der Waals surface area contributed by atoms with Crippen molar-refractivity contribution in [1.29, 1.82) is 0 Å². The smallest absolute Gasteiger partial charge is 0.320 e. The zero-order chi connectivity index (χ0) is 21.4. The lowest BCUT2D eigenvalue weighted by Gasteiger charge is -2.25. The lowest BCUT2D eigenvalue weighted by Crippen LogP contribution is -2.46. The maximum atomic E-state index is 11.7. The van der Waals surface area contributed by atoms with Crippen LogP contribution in [-0.2, 0) is 19.2 Å². The molecule has 28 heavy (non-hydrogen) atoms. The average Bonchev–Trinajstić information content (AvgIpc) is 2.59. The van der Waals surface area contributed by atoms with E-state index in [1.807, 2.05) is 0 Å². The highest BCUT2D eigenvalue weighted by molar-refractivity contribution is 7.80. The van der Waals surface area contributed by atoms with Gasteiger partial charge in [0.15, 0.2) is 0 Å². The Balaban J connectivity index is 4.11. The summed E-state index contributed by atoms with van der Waals surface area (Å²) in [5.74, 6) is -2.99. The van der Waals surface area contributed by atoms with Gasteiger partial charge in [-0.25, -0.2) is 0 Å². The second kappa shape index (κ2) is 16.2. The van der Waals surface area contributed by atoms with E-state index in [1.165, 1.54) is 0 Å². The van der Waals surface area contributed by atoms with Crippen LogP contribution in [0.25, 0.3) is 0 Å². The van der Waals surface area contributed by atoms with E-state index >= 15 is 0 Å². The standard InChI is InChI=1S/C18H32N2O7S/c21-15(9-4-2-1-3-7-11-28)19-10-6-5-8-14(18(26)27)20(12-16(22)23)13-17(24)25/h14,28H,1-13H2,(H,19,21)(H,22,23)(H,24,25)(H,26,27)/t14-/m0/s1. The van der Waals surface area contributed by atoms with E-state index in [0.717, 1.165) is 42.8 Å². The summed E-state index contributed by atoms with van der Waals surface area (Å²) in [6, 6.07) is -1.19. The Morgan fingerprint density at radius 3 is 1.93 bits per heavy atom. The second-order valence-electron chi connectivity index (χ2n) is 6.63. The molecule has 0 rings (SSSR count). The highest BCUT2D eigenvalue weighted by atomic mass is 32.1. The molecule has 0 spiro atoms. The molecule has 0 aliphatic heterocycles. The largest absolute Gasteiger partial charge is 0.480 e. The molecule has 0 saturated carbocycles. The van der Waals surface area contributed by atoms with Gasteiger partial charge in [-0.2, -0.15) is 12.6 Å². The molecule has 1 atom stereocenters. The van der Waals surface area contributed by atoms with Crippen molar-refractivity contribution >= 4 is 36.4 Å². The van der Waals surface area contributed by atoms with E-state index in [1.54, 1.807) is 0 Å². The van der Waals surface area contributed by atoms with Crippen molar-refractivity contribution in [1.82, 2.24) is 10.2 Å². The first-order valence-electron chi connectivity index (χ1n) is 9.56. The number of unbranched alkanes of at least 4 members (excludes halogenated alkanes) is 5. The molecular formula is C18H32N2O7S. The predicted molar refractivity (Wildman–Crippen MR) is 107 cm³/mol. The van der Waals surface area contributed by atoms with Gasteiger partial charge in [0.05, 0.1) is 13.1 Å². The fourth-order valence-corrected chi connectivity index (χ4v) is 3.02. The molecule has 162 valence electrons. The number of carbonyl (C=O) groups is 4. The molecule has 0 aliphatic carbocycles. The van der Waals surface area contributed by atoms with Gasteiger partial charge in [-0.15, -0.1) is 0 Å². The molecule has 0 aromatic carbocycles. The molecule has 0 aliphatic rings. The van der Waals surface area contributed by atoms with Gasteiger partial charge in [0.2, 0.25) is 5.91 Å². The number of carbonyl (C=O) groups excluding carboxylic acids is 1. The molecule has 0 saturated heterocycles. The molecule has 4 N–H and O–H groups in total. The van der Waals surface area contributed by atoms with Gasteiger partial charge in [-0.3, -0.25) is 24.1 Å². The molecule has 0 fully saturated rings. The number of hydrogen-bond donors (Lipinski definition) is 5. The third-order valence-corrected chi connectivity index (χ3v) is 4.51. The van der Waals surface area contributed by atoms with Gasteiger partial charge in [0, 0.05) is 13.0 Å². The SMILES string of the molecule is O=C(O)CN(CC(=O)O)[C@@H](CCCCNC(=O)CCCCCCCS)C(=O)O. The Bertz CT molecular complexity index is 486. The monoisotopic (exact) mass is 420 g/mol. The van der Waals surface area contributed by atoms with Gasteiger partial charge in [-0.05, 0) is 37.9 Å². The van der Waals surface area contributed by atoms with Gasteiger partial charge in [-0.1, -0.05) is 19.3 Å². The lowest BCUT2D eigenvalue weighted by molar-refractivity contribution is -0.149. The van der Waals surface area contributed by atoms with E-state index in [-0.39, 0.29) is 12.3 Å². The van der Waals surface area contributed by atoms with Crippen LogP contribution in [0.1, 0.15) is 57.8 Å². The third kappa shape index (κ3) is 14.3. The van der Waals surface area contributed by atoms with Crippen molar-refractivity contribution < 1.29 is 34.5 Å². The molecular weight excluding hydrogens is 388 g/mol. The third-order valence-electron chi connectivity index (χ3n) is 4.19. The molecule has 0 radical (unpaired) electrons. The molecule has 10 heteroatoms. The molecule has 9 nitrogen and oxygen atoms in total. The summed E-state index contributed by atoms with van der Waals surface area (Å²) < 4.78 is 0. The first kappa shape index (κ1) is 26.2. The number of amides is 1. The summed E-state index contributed by atoms with van der Waals surface area (Å²) in [6.07, 6.45) is 6.67. The van der Waals surface area contributed by atoms with Crippen LogP contribution in [0.3, 0.4) is 0 Å². The van der Waals surface area contributed by atoms with Gasteiger partial charge >= 0.3 is 17.9 Å². The summed E-state index contributed by atoms with van der Waals surface area (Å²) in [5, 5.41) is 29.8. The molecule has 0 unspecified atom stereocenters. The Labute approximate surface area is 170 Å². The number of thiol groups is 1. The van der Waals surface area contributed by atoms with Gasteiger partial charge in [0.25, 0.3) is 0 Å². The topological polar surface area (TPSA) is 144 Å². The number of nitrogens with one attached hydrogen (secondary N) is 1. The van der Waals surface area contributed by atoms with E-state index in [4.69, 9.17) is 10.2 Å². The maximum absolute atomic E-state index is 11.7. The van der Waals surface area contributed by atoms with Crippen LogP contribution in [0.2, 0.25) is 0 Å². The average molecular weight is 421 g/mol. The van der Waals surface area contributed by atoms with Crippen LogP contribution in [-0.4, -0.2) is 75.5 Å². The fourth-order valence-electron chi connectivity index (χ4n) is 2.79. The minimum atomic E-state index is -1.29. The van der Waals surface area contributed by atoms with E-state index < -0.39 is 37.0 Å². The Morgan fingerprint density at radius 2 is 1.39 bits per heavy atom. The minimum absolute atomic E-state index is 0.0395. The molecule has 0 heterocycles. The molecule has 0 bridgehead atoms. The van der Waals surface area contributed by atoms with Gasteiger partial charge < -0.3 is 20.6 Å². The predicted octanol–water partition coefficient (Wildman–Crippen LogP) is 1.47. The normalized spacial score (nSPS) is 11.9. The van der Waals surface area contributed by atoms with Crippen molar-refractivity contribution in [3.63, 3.8) is 0 Å². The lowest BCUT2D eigenvalue weighted by atomic mass is 10.1. The Hall–Kier alpha value is -1.81. The van der Waals surface area contributed by atoms with Gasteiger partial charge in [0.1, 0.15) is 6.04 Å². The first-order valence-corrected chi connectivity index (χ1v) is 10.2. The zero-order valence-electron chi connectivity index (χ0n) is 16.1. The van der Waals surface area contributed by atoms with Crippen molar-refractivity contribution in [2.24, 2.45) is 0 Å². The van der Waals surface area contributed by atoms with Crippen LogP contribution in [0.5, 0.6) is 0 Å². The fraction of sp³-hybridized carbons (Fsp3) is 0.778. The van der Waals surface area contributed by atoms with Crippen molar-refractivity contribution in [3.05, 3.63) is 0 Å². The summed E-state index contributed by atoms with van der Waals surface area (Å²) in [5.41, 5.74) is 0. The Kier molecular flexibility index (Phi) is 15.1. The summed E-state index contributed by atoms with van der Waals surface area (Å²) >= 11 is 4.15. The number of carboxylic acid groups (broad SMARTS) is 3. The molecule has 1 amide bonds. The first-order chi connectivity index (χ1) is 13.3. The number of hydrogen-bond acceptors (Lipinski definition) is 6. The number of aliphatic carboxylic acids is 3. The zero-order valence-corrected chi connectivity index (χ0v) is 17.0. The highest BCUT2D eigenvalue weighted by Crippen LogP contribution is 2.10. The summed E-state index contributed by atoms with van der Waals surface area (Å²) in [7, 11) is 0. The van der Waals surface area contributed by atoms with Crippen LogP contribution >= 0.6 is 12.6 Å².